The van der Waals surface area contributed by atoms with Crippen LogP contribution in [-0.2, 0) is 4.79 Å². The number of carboxylic acid groups (broad SMARTS) is 1. The summed E-state index contributed by atoms with van der Waals surface area (Å²) in [5, 5.41) is 8.28. The molecule has 0 aliphatic carbocycles. The van der Waals surface area contributed by atoms with Gasteiger partial charge in [-0.15, -0.1) is 0 Å². The van der Waals surface area contributed by atoms with E-state index in [4.69, 9.17) is 10.8 Å². The Labute approximate surface area is 66.9 Å². The van der Waals surface area contributed by atoms with Crippen molar-refractivity contribution < 1.29 is 9.90 Å². The summed E-state index contributed by atoms with van der Waals surface area (Å²) in [6.45, 7) is 2.09. The molecular weight excluding hydrogens is 142 g/mol. The van der Waals surface area contributed by atoms with Gasteiger partial charge < -0.3 is 10.8 Å². The minimum atomic E-state index is -0.959. The third kappa shape index (κ3) is 6.90. The normalized spacial score (nSPS) is 11.5. The molecule has 0 fully saturated rings. The fourth-order valence-electron chi connectivity index (χ4n) is 0.810. The third-order valence-corrected chi connectivity index (χ3v) is 1.38. The second kappa shape index (κ2) is 5.77. The van der Waals surface area contributed by atoms with E-state index in [1.165, 1.54) is 0 Å². The molecule has 0 aliphatic heterocycles. The minimum Gasteiger partial charge on any atom is -0.478 e. The molecule has 0 aromatic carbocycles. The highest BCUT2D eigenvalue weighted by Crippen LogP contribution is 2.03. The zero-order chi connectivity index (χ0) is 8.69. The second-order valence-corrected chi connectivity index (χ2v) is 2.51. The van der Waals surface area contributed by atoms with Crippen LogP contribution in [0.4, 0.5) is 0 Å². The summed E-state index contributed by atoms with van der Waals surface area (Å²) >= 11 is 0. The number of hydrogen-bond donors (Lipinski definition) is 2. The van der Waals surface area contributed by atoms with Crippen molar-refractivity contribution in [2.24, 2.45) is 5.73 Å². The molecule has 0 aliphatic rings. The minimum absolute atomic E-state index is 0.464. The van der Waals surface area contributed by atoms with Crippen molar-refractivity contribution in [1.29, 1.82) is 0 Å². The summed E-state index contributed by atoms with van der Waals surface area (Å²) in [7, 11) is 0. The molecule has 64 valence electrons. The molecule has 3 nitrogen and oxygen atoms in total. The third-order valence-electron chi connectivity index (χ3n) is 1.38. The number of hydrogen-bond acceptors (Lipinski definition) is 2. The summed E-state index contributed by atoms with van der Waals surface area (Å²) in [4.78, 5) is 10.1. The molecule has 0 amide bonds. The highest BCUT2D eigenvalue weighted by atomic mass is 16.4. The van der Waals surface area contributed by atoms with Crippen molar-refractivity contribution in [2.45, 2.75) is 32.6 Å². The van der Waals surface area contributed by atoms with Crippen molar-refractivity contribution in [2.75, 3.05) is 0 Å². The molecule has 0 atom stereocenters. The standard InChI is InChI=1S/C8H15NO2/c1-2-3-4-5-7(9)6-8(10)11/h6H,2-5,9H2,1H3,(H,10,11). The lowest BCUT2D eigenvalue weighted by Gasteiger charge is -1.97. The lowest BCUT2D eigenvalue weighted by molar-refractivity contribution is -0.131. The summed E-state index contributed by atoms with van der Waals surface area (Å²) < 4.78 is 0. The van der Waals surface area contributed by atoms with Crippen LogP contribution in [0.2, 0.25) is 0 Å². The first-order chi connectivity index (χ1) is 5.16. The van der Waals surface area contributed by atoms with Crippen molar-refractivity contribution in [3.63, 3.8) is 0 Å². The van der Waals surface area contributed by atoms with Gasteiger partial charge in [0.05, 0.1) is 0 Å². The molecule has 0 aromatic heterocycles. The van der Waals surface area contributed by atoms with E-state index in [-0.39, 0.29) is 0 Å². The molecule has 0 aromatic rings. The molecule has 0 rings (SSSR count). The first-order valence-corrected chi connectivity index (χ1v) is 3.85. The van der Waals surface area contributed by atoms with Crippen molar-refractivity contribution >= 4 is 5.97 Å². The molecule has 0 saturated heterocycles. The van der Waals surface area contributed by atoms with Gasteiger partial charge in [0.25, 0.3) is 0 Å². The Morgan fingerprint density at radius 3 is 2.64 bits per heavy atom. The predicted octanol–water partition coefficient (Wildman–Crippen LogP) is 1.49. The van der Waals surface area contributed by atoms with E-state index in [2.05, 4.69) is 6.92 Å². The summed E-state index contributed by atoms with van der Waals surface area (Å²) in [6.07, 6.45) is 4.97. The fourth-order valence-corrected chi connectivity index (χ4v) is 0.810. The van der Waals surface area contributed by atoms with Gasteiger partial charge in [-0.05, 0) is 12.8 Å². The predicted molar refractivity (Wildman–Crippen MR) is 44.0 cm³/mol. The lowest BCUT2D eigenvalue weighted by Crippen LogP contribution is -2.01. The molecular formula is C8H15NO2. The van der Waals surface area contributed by atoms with Crippen LogP contribution < -0.4 is 5.73 Å². The number of carbonyl (C=O) groups is 1. The number of unbranched alkanes of at least 4 members (excludes halogenated alkanes) is 2. The first kappa shape index (κ1) is 10.0. The van der Waals surface area contributed by atoms with Crippen LogP contribution in [0.5, 0.6) is 0 Å². The number of aliphatic carboxylic acids is 1. The van der Waals surface area contributed by atoms with E-state index >= 15 is 0 Å². The van der Waals surface area contributed by atoms with Crippen LogP contribution >= 0.6 is 0 Å². The van der Waals surface area contributed by atoms with E-state index in [0.29, 0.717) is 12.1 Å². The maximum Gasteiger partial charge on any atom is 0.330 e. The van der Waals surface area contributed by atoms with Gasteiger partial charge in [-0.25, -0.2) is 4.79 Å². The van der Waals surface area contributed by atoms with Gasteiger partial charge in [0, 0.05) is 11.8 Å². The molecule has 0 unspecified atom stereocenters. The van der Waals surface area contributed by atoms with E-state index in [1.54, 1.807) is 0 Å². The average molecular weight is 157 g/mol. The quantitative estimate of drug-likeness (QED) is 0.469. The zero-order valence-electron chi connectivity index (χ0n) is 6.84. The average Bonchev–Trinajstić information content (AvgIpc) is 1.86. The molecule has 11 heavy (non-hydrogen) atoms. The van der Waals surface area contributed by atoms with Crippen molar-refractivity contribution in [3.8, 4) is 0 Å². The van der Waals surface area contributed by atoms with E-state index in [1.807, 2.05) is 0 Å². The molecule has 0 heterocycles. The Balaban J connectivity index is 3.51. The van der Waals surface area contributed by atoms with Crippen LogP contribution in [0.1, 0.15) is 32.6 Å². The Bertz CT molecular complexity index is 152. The Hall–Kier alpha value is -0.990. The topological polar surface area (TPSA) is 63.3 Å². The van der Waals surface area contributed by atoms with Gasteiger partial charge in [0.15, 0.2) is 0 Å². The van der Waals surface area contributed by atoms with Gasteiger partial charge in [0.2, 0.25) is 0 Å². The van der Waals surface area contributed by atoms with Crippen LogP contribution in [0, 0.1) is 0 Å². The molecule has 0 radical (unpaired) electrons. The number of carboxylic acids is 1. The highest BCUT2D eigenvalue weighted by molar-refractivity contribution is 5.80. The largest absolute Gasteiger partial charge is 0.478 e. The van der Waals surface area contributed by atoms with Crippen LogP contribution in [0.3, 0.4) is 0 Å². The SMILES string of the molecule is CCCCCC(N)=CC(=O)O. The number of nitrogens with two attached hydrogens (primary N) is 1. The van der Waals surface area contributed by atoms with E-state index in [0.717, 1.165) is 25.3 Å². The maximum atomic E-state index is 10.1. The van der Waals surface area contributed by atoms with Crippen LogP contribution in [0.15, 0.2) is 11.8 Å². The second-order valence-electron chi connectivity index (χ2n) is 2.51. The van der Waals surface area contributed by atoms with Crippen molar-refractivity contribution in [3.05, 3.63) is 11.8 Å². The molecule has 0 spiro atoms. The Kier molecular flexibility index (Phi) is 5.25. The van der Waals surface area contributed by atoms with E-state index in [9.17, 15) is 4.79 Å². The van der Waals surface area contributed by atoms with Gasteiger partial charge in [0.1, 0.15) is 0 Å². The van der Waals surface area contributed by atoms with Gasteiger partial charge in [-0.3, -0.25) is 0 Å². The fraction of sp³-hybridized carbons (Fsp3) is 0.625. The van der Waals surface area contributed by atoms with Crippen molar-refractivity contribution in [1.82, 2.24) is 0 Å². The van der Waals surface area contributed by atoms with Gasteiger partial charge in [-0.2, -0.15) is 0 Å². The Morgan fingerprint density at radius 1 is 1.55 bits per heavy atom. The highest BCUT2D eigenvalue weighted by Gasteiger charge is 1.94. The molecule has 0 bridgehead atoms. The number of allylic oxidation sites excluding steroid dienone is 1. The summed E-state index contributed by atoms with van der Waals surface area (Å²) in [5.74, 6) is -0.959. The van der Waals surface area contributed by atoms with Gasteiger partial charge >= 0.3 is 5.97 Å². The van der Waals surface area contributed by atoms with Crippen LogP contribution in [0.25, 0.3) is 0 Å². The maximum absolute atomic E-state index is 10.1. The molecule has 3 heteroatoms. The molecule has 0 saturated carbocycles. The Morgan fingerprint density at radius 2 is 2.18 bits per heavy atom. The first-order valence-electron chi connectivity index (χ1n) is 3.85. The van der Waals surface area contributed by atoms with Gasteiger partial charge in [-0.1, -0.05) is 19.8 Å². The zero-order valence-corrected chi connectivity index (χ0v) is 6.84. The monoisotopic (exact) mass is 157 g/mol. The smallest absolute Gasteiger partial charge is 0.330 e. The summed E-state index contributed by atoms with van der Waals surface area (Å²) in [5.41, 5.74) is 5.86. The van der Waals surface area contributed by atoms with Crippen LogP contribution in [-0.4, -0.2) is 11.1 Å². The lowest BCUT2D eigenvalue weighted by atomic mass is 10.1. The molecule has 3 N–H and O–H groups in total. The van der Waals surface area contributed by atoms with E-state index < -0.39 is 5.97 Å². The number of rotatable bonds is 5. The summed E-state index contributed by atoms with van der Waals surface area (Å²) in [6, 6.07) is 0.